The first-order valence-corrected chi connectivity index (χ1v) is 13.0. The van der Waals surface area contributed by atoms with Gasteiger partial charge in [0.25, 0.3) is 15.7 Å². The fraction of sp³-hybridized carbons (Fsp3) is 0.350. The van der Waals surface area contributed by atoms with E-state index in [4.69, 9.17) is 0 Å². The van der Waals surface area contributed by atoms with Crippen molar-refractivity contribution in [3.63, 3.8) is 0 Å². The maximum absolute atomic E-state index is 13.3. The lowest BCUT2D eigenvalue weighted by Gasteiger charge is -2.28. The van der Waals surface area contributed by atoms with Gasteiger partial charge in [0.05, 0.1) is 29.0 Å². The van der Waals surface area contributed by atoms with E-state index in [1.165, 1.54) is 46.4 Å². The molecule has 0 aliphatic carbocycles. The van der Waals surface area contributed by atoms with Gasteiger partial charge < -0.3 is 4.90 Å². The lowest BCUT2D eigenvalue weighted by Crippen LogP contribution is -2.43. The molecule has 3 amide bonds. The van der Waals surface area contributed by atoms with Crippen LogP contribution in [0.25, 0.3) is 0 Å². The van der Waals surface area contributed by atoms with Gasteiger partial charge in [0.1, 0.15) is 5.54 Å². The summed E-state index contributed by atoms with van der Waals surface area (Å²) in [6.45, 7) is 2.67. The lowest BCUT2D eigenvalue weighted by atomic mass is 10.0. The Morgan fingerprint density at radius 1 is 1.03 bits per heavy atom. The van der Waals surface area contributed by atoms with Crippen molar-refractivity contribution in [1.82, 2.24) is 14.2 Å². The van der Waals surface area contributed by atoms with E-state index in [9.17, 15) is 39.6 Å². The average Bonchev–Trinajstić information content (AvgIpc) is 2.93. The summed E-state index contributed by atoms with van der Waals surface area (Å²) in [4.78, 5) is 31.1. The molecule has 3 rings (SSSR count). The number of sulfone groups is 1. The Hall–Kier alpha value is -3.24. The molecule has 1 aromatic heterocycles. The largest absolute Gasteiger partial charge is 0.501 e. The molecule has 0 unspecified atom stereocenters. The zero-order chi connectivity index (χ0) is 27.3. The molecule has 0 atom stereocenters. The van der Waals surface area contributed by atoms with E-state index in [-0.39, 0.29) is 17.9 Å². The fourth-order valence-electron chi connectivity index (χ4n) is 3.29. The molecule has 1 aromatic carbocycles. The van der Waals surface area contributed by atoms with Crippen LogP contribution in [0, 0.1) is 0 Å². The number of aromatic nitrogens is 1. The summed E-state index contributed by atoms with van der Waals surface area (Å²) >= 11 is 0. The molecule has 0 radical (unpaired) electrons. The van der Waals surface area contributed by atoms with E-state index < -0.39 is 47.9 Å². The molecule has 2 aromatic rings. The minimum Gasteiger partial charge on any atom is -0.305 e. The van der Waals surface area contributed by atoms with Crippen LogP contribution in [-0.4, -0.2) is 68.1 Å². The van der Waals surface area contributed by atoms with Gasteiger partial charge in [-0.3, -0.25) is 14.5 Å². The van der Waals surface area contributed by atoms with Crippen LogP contribution in [0.4, 0.5) is 29.3 Å². The van der Waals surface area contributed by atoms with Crippen LogP contribution in [0.3, 0.4) is 0 Å². The van der Waals surface area contributed by atoms with Gasteiger partial charge in [-0.25, -0.2) is 18.1 Å². The van der Waals surface area contributed by atoms with E-state index in [0.717, 1.165) is 26.2 Å². The third-order valence-electron chi connectivity index (χ3n) is 5.49. The van der Waals surface area contributed by atoms with Gasteiger partial charge in [0.15, 0.2) is 0 Å². The number of amides is 3. The molecule has 1 aliphatic heterocycles. The minimum atomic E-state index is -5.61. The Balaban J connectivity index is 1.94. The van der Waals surface area contributed by atoms with Crippen molar-refractivity contribution in [2.24, 2.45) is 0 Å². The van der Waals surface area contributed by atoms with E-state index in [0.29, 0.717) is 17.7 Å². The van der Waals surface area contributed by atoms with E-state index in [1.54, 1.807) is 0 Å². The van der Waals surface area contributed by atoms with Gasteiger partial charge in [0.2, 0.25) is 0 Å². The van der Waals surface area contributed by atoms with Crippen molar-refractivity contribution in [3.05, 3.63) is 48.3 Å². The number of halogens is 3. The second-order valence-electron chi connectivity index (χ2n) is 8.43. The second-order valence-corrected chi connectivity index (χ2v) is 12.3. The van der Waals surface area contributed by atoms with Gasteiger partial charge in [-0.15, -0.1) is 0 Å². The number of nitrogens with zero attached hydrogens (tertiary/aromatic N) is 4. The molecule has 1 fully saturated rings. The minimum absolute atomic E-state index is 0.0717. The van der Waals surface area contributed by atoms with Crippen molar-refractivity contribution in [2.75, 3.05) is 23.7 Å². The predicted molar refractivity (Wildman–Crippen MR) is 123 cm³/mol. The quantitative estimate of drug-likeness (QED) is 0.524. The highest BCUT2D eigenvalue weighted by Gasteiger charge is 2.52. The summed E-state index contributed by atoms with van der Waals surface area (Å²) in [6, 6.07) is 3.79. The van der Waals surface area contributed by atoms with Crippen molar-refractivity contribution < 1.29 is 39.6 Å². The number of urea groups is 1. The van der Waals surface area contributed by atoms with Crippen LogP contribution in [0.1, 0.15) is 19.4 Å². The highest BCUT2D eigenvalue weighted by atomic mass is 32.2. The molecule has 1 saturated heterocycles. The zero-order valence-corrected chi connectivity index (χ0v) is 21.1. The first-order chi connectivity index (χ1) is 16.4. The Labute approximate surface area is 205 Å². The number of pyridine rings is 1. The fourth-order valence-corrected chi connectivity index (χ4v) is 4.70. The predicted octanol–water partition coefficient (Wildman–Crippen LogP) is 2.34. The second kappa shape index (κ2) is 9.01. The molecular formula is C20H22F3N5O6S2. The van der Waals surface area contributed by atoms with E-state index in [1.807, 2.05) is 0 Å². The Kier molecular flexibility index (Phi) is 6.84. The highest BCUT2D eigenvalue weighted by molar-refractivity contribution is 7.92. The molecule has 0 bridgehead atoms. The first-order valence-electron chi connectivity index (χ1n) is 10.1. The van der Waals surface area contributed by atoms with Crippen LogP contribution in [0.5, 0.6) is 0 Å². The molecular weight excluding hydrogens is 527 g/mol. The summed E-state index contributed by atoms with van der Waals surface area (Å²) in [7, 11) is -6.89. The number of carbonyl (C=O) groups is 2. The summed E-state index contributed by atoms with van der Waals surface area (Å²) in [5.74, 6) is -0.719. The first kappa shape index (κ1) is 27.3. The summed E-state index contributed by atoms with van der Waals surface area (Å²) in [5.41, 5.74) is -6.69. The van der Waals surface area contributed by atoms with Crippen molar-refractivity contribution >= 4 is 43.4 Å². The standard InChI is InChI=1S/C20H22F3N5O6S2/c1-19(2)17(29)28(14-5-7-15(8-6-14)35(31,32)20(21,22)23)18(30)27(19)12-13-9-10-24-11-16(13)25-36(33,34)26(3)4/h5-11,25H,12H2,1-4H3. The van der Waals surface area contributed by atoms with Gasteiger partial charge in [0, 0.05) is 20.3 Å². The molecule has 1 aliphatic rings. The number of imide groups is 1. The van der Waals surface area contributed by atoms with Gasteiger partial charge in [-0.1, -0.05) is 0 Å². The monoisotopic (exact) mass is 549 g/mol. The lowest BCUT2D eigenvalue weighted by molar-refractivity contribution is -0.123. The Morgan fingerprint density at radius 3 is 2.14 bits per heavy atom. The van der Waals surface area contributed by atoms with Gasteiger partial charge in [-0.2, -0.15) is 25.9 Å². The normalized spacial score (nSPS) is 16.7. The number of anilines is 2. The van der Waals surface area contributed by atoms with Crippen LogP contribution < -0.4 is 9.62 Å². The third kappa shape index (κ3) is 4.75. The van der Waals surface area contributed by atoms with Gasteiger partial charge >= 0.3 is 21.7 Å². The van der Waals surface area contributed by atoms with Crippen LogP contribution in [0.15, 0.2) is 47.6 Å². The number of rotatable bonds is 7. The summed E-state index contributed by atoms with van der Waals surface area (Å²) < 4.78 is 89.5. The number of nitrogens with one attached hydrogen (secondary N) is 1. The SMILES string of the molecule is CN(C)S(=O)(=O)Nc1cnccc1CN1C(=O)N(c2ccc(S(=O)(=O)C(F)(F)F)cc2)C(=O)C1(C)C. The van der Waals surface area contributed by atoms with Crippen molar-refractivity contribution in [1.29, 1.82) is 0 Å². The van der Waals surface area contributed by atoms with Crippen LogP contribution in [-0.2, 0) is 31.4 Å². The molecule has 11 nitrogen and oxygen atoms in total. The highest BCUT2D eigenvalue weighted by Crippen LogP contribution is 2.36. The third-order valence-corrected chi connectivity index (χ3v) is 8.43. The number of hydrogen-bond acceptors (Lipinski definition) is 7. The van der Waals surface area contributed by atoms with Crippen LogP contribution >= 0.6 is 0 Å². The topological polar surface area (TPSA) is 137 Å². The maximum Gasteiger partial charge on any atom is 0.501 e. The number of carbonyl (C=O) groups excluding carboxylic acids is 2. The molecule has 0 saturated carbocycles. The van der Waals surface area contributed by atoms with E-state index >= 15 is 0 Å². The molecule has 0 spiro atoms. The molecule has 16 heteroatoms. The number of benzene rings is 1. The smallest absolute Gasteiger partial charge is 0.305 e. The molecule has 1 N–H and O–H groups in total. The zero-order valence-electron chi connectivity index (χ0n) is 19.4. The van der Waals surface area contributed by atoms with Gasteiger partial charge in [-0.05, 0) is 49.7 Å². The maximum atomic E-state index is 13.3. The summed E-state index contributed by atoms with van der Waals surface area (Å²) in [6.07, 6.45) is 2.61. The van der Waals surface area contributed by atoms with E-state index in [2.05, 4.69) is 9.71 Å². The Morgan fingerprint density at radius 2 is 1.61 bits per heavy atom. The molecule has 2 heterocycles. The summed E-state index contributed by atoms with van der Waals surface area (Å²) in [5, 5.41) is 0. The number of alkyl halides is 3. The number of hydrogen-bond donors (Lipinski definition) is 1. The van der Waals surface area contributed by atoms with Crippen molar-refractivity contribution in [3.8, 4) is 0 Å². The molecule has 36 heavy (non-hydrogen) atoms. The van der Waals surface area contributed by atoms with Crippen LogP contribution in [0.2, 0.25) is 0 Å². The average molecular weight is 550 g/mol. The Bertz CT molecular complexity index is 1410. The molecule has 196 valence electrons. The van der Waals surface area contributed by atoms with Crippen molar-refractivity contribution in [2.45, 2.75) is 36.3 Å².